The molecule has 0 radical (unpaired) electrons. The van der Waals surface area contributed by atoms with Crippen LogP contribution in [0.1, 0.15) is 32.4 Å². The average molecular weight is 278 g/mol. The highest BCUT2D eigenvalue weighted by atomic mass is 16.5. The molecule has 0 spiro atoms. The van der Waals surface area contributed by atoms with E-state index < -0.39 is 0 Å². The number of methoxy groups -OCH3 is 1. The Kier molecular flexibility index (Phi) is 5.57. The number of nitrogens with one attached hydrogen (secondary N) is 1. The summed E-state index contributed by atoms with van der Waals surface area (Å²) in [7, 11) is 5.68. The van der Waals surface area contributed by atoms with Crippen molar-refractivity contribution >= 4 is 5.91 Å². The van der Waals surface area contributed by atoms with Gasteiger partial charge in [-0.1, -0.05) is 32.9 Å². The smallest absolute Gasteiger partial charge is 0.225 e. The highest BCUT2D eigenvalue weighted by molar-refractivity contribution is 5.81. The van der Waals surface area contributed by atoms with Crippen molar-refractivity contribution in [3.63, 3.8) is 0 Å². The molecule has 112 valence electrons. The highest BCUT2D eigenvalue weighted by Gasteiger charge is 2.23. The average Bonchev–Trinajstić information content (AvgIpc) is 2.38. The van der Waals surface area contributed by atoms with Gasteiger partial charge in [0.2, 0.25) is 5.91 Å². The zero-order valence-corrected chi connectivity index (χ0v) is 13.4. The van der Waals surface area contributed by atoms with Crippen molar-refractivity contribution < 1.29 is 9.53 Å². The van der Waals surface area contributed by atoms with Crippen molar-refractivity contribution in [3.8, 4) is 5.75 Å². The van der Waals surface area contributed by atoms with Crippen LogP contribution in [0.15, 0.2) is 24.3 Å². The molecule has 4 nitrogen and oxygen atoms in total. The van der Waals surface area contributed by atoms with Crippen molar-refractivity contribution in [1.82, 2.24) is 10.2 Å². The lowest BCUT2D eigenvalue weighted by Gasteiger charge is -2.27. The first-order valence-electron chi connectivity index (χ1n) is 6.84. The monoisotopic (exact) mass is 278 g/mol. The fourth-order valence-electron chi connectivity index (χ4n) is 1.88. The van der Waals surface area contributed by atoms with Gasteiger partial charge in [0.1, 0.15) is 5.75 Å². The molecule has 20 heavy (non-hydrogen) atoms. The summed E-state index contributed by atoms with van der Waals surface area (Å²) < 4.78 is 5.17. The van der Waals surface area contributed by atoms with Crippen LogP contribution in [-0.2, 0) is 4.79 Å². The zero-order chi connectivity index (χ0) is 15.3. The van der Waals surface area contributed by atoms with Crippen molar-refractivity contribution in [2.45, 2.75) is 26.8 Å². The van der Waals surface area contributed by atoms with E-state index in [1.54, 1.807) is 7.11 Å². The normalized spacial score (nSPS) is 13.2. The van der Waals surface area contributed by atoms with Crippen LogP contribution in [0.25, 0.3) is 0 Å². The standard InChI is InChI=1S/C16H26N2O2/c1-16(2,3)15(19)17-11-14(18(4)5)12-7-9-13(20-6)10-8-12/h7-10,14H,11H2,1-6H3,(H,17,19). The quantitative estimate of drug-likeness (QED) is 0.899. The van der Waals surface area contributed by atoms with Crippen molar-refractivity contribution in [1.29, 1.82) is 0 Å². The second kappa shape index (κ2) is 6.75. The van der Waals surface area contributed by atoms with E-state index in [2.05, 4.69) is 10.2 Å². The molecule has 0 saturated carbocycles. The molecule has 0 aromatic heterocycles. The molecule has 4 heteroatoms. The first kappa shape index (κ1) is 16.5. The number of hydrogen-bond donors (Lipinski definition) is 1. The van der Waals surface area contributed by atoms with Gasteiger partial charge in [-0.05, 0) is 31.8 Å². The Bertz CT molecular complexity index is 433. The van der Waals surface area contributed by atoms with Gasteiger partial charge in [-0.3, -0.25) is 4.79 Å². The van der Waals surface area contributed by atoms with E-state index in [1.165, 1.54) is 0 Å². The van der Waals surface area contributed by atoms with Crippen LogP contribution in [0.2, 0.25) is 0 Å². The molecule has 0 bridgehead atoms. The van der Waals surface area contributed by atoms with Crippen LogP contribution in [-0.4, -0.2) is 38.6 Å². The van der Waals surface area contributed by atoms with Gasteiger partial charge in [-0.2, -0.15) is 0 Å². The first-order chi connectivity index (χ1) is 9.25. The Morgan fingerprint density at radius 2 is 1.80 bits per heavy atom. The molecule has 0 fully saturated rings. The lowest BCUT2D eigenvalue weighted by Crippen LogP contribution is -2.40. The van der Waals surface area contributed by atoms with E-state index in [1.807, 2.05) is 59.1 Å². The summed E-state index contributed by atoms with van der Waals surface area (Å²) in [5.41, 5.74) is 0.793. The van der Waals surface area contributed by atoms with Crippen LogP contribution in [0.4, 0.5) is 0 Å². The van der Waals surface area contributed by atoms with Crippen molar-refractivity contribution in [2.75, 3.05) is 27.7 Å². The number of likely N-dealkylation sites (N-methyl/N-ethyl adjacent to an activating group) is 1. The molecule has 0 heterocycles. The summed E-state index contributed by atoms with van der Waals surface area (Å²) >= 11 is 0. The van der Waals surface area contributed by atoms with Crippen LogP contribution >= 0.6 is 0 Å². The highest BCUT2D eigenvalue weighted by Crippen LogP contribution is 2.21. The SMILES string of the molecule is COc1ccc(C(CNC(=O)C(C)(C)C)N(C)C)cc1. The van der Waals surface area contributed by atoms with Crippen molar-refractivity contribution in [3.05, 3.63) is 29.8 Å². The molecule has 0 aliphatic heterocycles. The minimum absolute atomic E-state index is 0.0675. The zero-order valence-electron chi connectivity index (χ0n) is 13.4. The molecule has 1 rings (SSSR count). The van der Waals surface area contributed by atoms with E-state index in [0.29, 0.717) is 6.54 Å². The van der Waals surface area contributed by atoms with E-state index in [-0.39, 0.29) is 17.4 Å². The van der Waals surface area contributed by atoms with Crippen LogP contribution in [0.5, 0.6) is 5.75 Å². The predicted molar refractivity (Wildman–Crippen MR) is 81.9 cm³/mol. The second-order valence-electron chi connectivity index (χ2n) is 6.21. The van der Waals surface area contributed by atoms with Crippen molar-refractivity contribution in [2.24, 2.45) is 5.41 Å². The molecule has 1 aromatic carbocycles. The molecule has 1 atom stereocenters. The number of rotatable bonds is 5. The van der Waals surface area contributed by atoms with Gasteiger partial charge >= 0.3 is 0 Å². The lowest BCUT2D eigenvalue weighted by atomic mass is 9.95. The third-order valence-electron chi connectivity index (χ3n) is 3.26. The third kappa shape index (κ3) is 4.53. The number of ether oxygens (including phenoxy) is 1. The molecule has 1 N–H and O–H groups in total. The van der Waals surface area contributed by atoms with Crippen LogP contribution in [0, 0.1) is 5.41 Å². The third-order valence-corrected chi connectivity index (χ3v) is 3.26. The summed E-state index contributed by atoms with van der Waals surface area (Å²) in [6, 6.07) is 8.10. The van der Waals surface area contributed by atoms with E-state index >= 15 is 0 Å². The van der Waals surface area contributed by atoms with Gasteiger partial charge in [-0.25, -0.2) is 0 Å². The second-order valence-corrected chi connectivity index (χ2v) is 6.21. The summed E-state index contributed by atoms with van der Waals surface area (Å²) in [6.45, 7) is 6.34. The number of carbonyl (C=O) groups is 1. The van der Waals surface area contributed by atoms with Gasteiger partial charge in [0.25, 0.3) is 0 Å². The van der Waals surface area contributed by atoms with Gasteiger partial charge in [0, 0.05) is 12.0 Å². The maximum atomic E-state index is 12.0. The predicted octanol–water partition coefficient (Wildman–Crippen LogP) is 2.46. The number of nitrogens with zero attached hydrogens (tertiary/aromatic N) is 1. The first-order valence-corrected chi connectivity index (χ1v) is 6.84. The molecule has 1 unspecified atom stereocenters. The molecular formula is C16H26N2O2. The number of amides is 1. The fraction of sp³-hybridized carbons (Fsp3) is 0.562. The van der Waals surface area contributed by atoms with E-state index in [4.69, 9.17) is 4.74 Å². The fourth-order valence-corrected chi connectivity index (χ4v) is 1.88. The van der Waals surface area contributed by atoms with Crippen LogP contribution in [0.3, 0.4) is 0 Å². The summed E-state index contributed by atoms with van der Waals surface area (Å²) in [5.74, 6) is 0.905. The van der Waals surface area contributed by atoms with E-state index in [0.717, 1.165) is 11.3 Å². The number of benzene rings is 1. The summed E-state index contributed by atoms with van der Waals surface area (Å²) in [4.78, 5) is 14.1. The molecule has 1 amide bonds. The minimum Gasteiger partial charge on any atom is -0.497 e. The summed E-state index contributed by atoms with van der Waals surface area (Å²) in [6.07, 6.45) is 0. The maximum absolute atomic E-state index is 12.0. The molecule has 1 aromatic rings. The lowest BCUT2D eigenvalue weighted by molar-refractivity contribution is -0.128. The minimum atomic E-state index is -0.364. The molecule has 0 saturated heterocycles. The largest absolute Gasteiger partial charge is 0.497 e. The Hall–Kier alpha value is -1.55. The van der Waals surface area contributed by atoms with Gasteiger partial charge < -0.3 is 15.0 Å². The molecule has 0 aliphatic rings. The summed E-state index contributed by atoms with van der Waals surface area (Å²) in [5, 5.41) is 3.02. The molecular weight excluding hydrogens is 252 g/mol. The van der Waals surface area contributed by atoms with Crippen LogP contribution < -0.4 is 10.1 Å². The Morgan fingerprint density at radius 1 is 1.25 bits per heavy atom. The molecule has 0 aliphatic carbocycles. The number of hydrogen-bond acceptors (Lipinski definition) is 3. The van der Waals surface area contributed by atoms with Gasteiger partial charge in [0.05, 0.1) is 13.2 Å². The van der Waals surface area contributed by atoms with Gasteiger partial charge in [-0.15, -0.1) is 0 Å². The number of carbonyl (C=O) groups excluding carboxylic acids is 1. The Balaban J connectivity index is 2.76. The Labute approximate surface area is 122 Å². The Morgan fingerprint density at radius 3 is 2.20 bits per heavy atom. The van der Waals surface area contributed by atoms with Gasteiger partial charge in [0.15, 0.2) is 0 Å². The van der Waals surface area contributed by atoms with E-state index in [9.17, 15) is 4.79 Å². The topological polar surface area (TPSA) is 41.6 Å². The maximum Gasteiger partial charge on any atom is 0.225 e.